The van der Waals surface area contributed by atoms with Crippen molar-refractivity contribution in [2.75, 3.05) is 12.8 Å². The van der Waals surface area contributed by atoms with E-state index in [9.17, 15) is 4.79 Å². The minimum atomic E-state index is -0.245. The number of anilines is 1. The molecule has 3 nitrogen and oxygen atoms in total. The molecule has 0 atom stereocenters. The zero-order valence-corrected chi connectivity index (χ0v) is 8.41. The highest BCUT2D eigenvalue weighted by atomic mass is 35.5. The predicted octanol–water partition coefficient (Wildman–Crippen LogP) is 1.94. The van der Waals surface area contributed by atoms with Crippen LogP contribution in [-0.2, 0) is 0 Å². The van der Waals surface area contributed by atoms with E-state index in [1.54, 1.807) is 0 Å². The third-order valence-corrected chi connectivity index (χ3v) is 2.36. The van der Waals surface area contributed by atoms with Crippen molar-refractivity contribution >= 4 is 34.8 Å². The Morgan fingerprint density at radius 1 is 1.46 bits per heavy atom. The lowest BCUT2D eigenvalue weighted by atomic mass is 10.2. The third-order valence-electron chi connectivity index (χ3n) is 1.55. The van der Waals surface area contributed by atoms with Crippen molar-refractivity contribution in [2.45, 2.75) is 0 Å². The first-order valence-electron chi connectivity index (χ1n) is 3.53. The summed E-state index contributed by atoms with van der Waals surface area (Å²) in [6.07, 6.45) is 0. The zero-order chi connectivity index (χ0) is 10.0. The number of carbonyl (C=O) groups excluding carboxylic acids is 1. The Morgan fingerprint density at radius 2 is 2.08 bits per heavy atom. The van der Waals surface area contributed by atoms with Gasteiger partial charge in [-0.15, -0.1) is 0 Å². The first-order chi connectivity index (χ1) is 6.06. The Kier molecular flexibility index (Phi) is 3.01. The highest BCUT2D eigenvalue weighted by Crippen LogP contribution is 2.29. The van der Waals surface area contributed by atoms with Crippen molar-refractivity contribution in [3.8, 4) is 0 Å². The number of benzene rings is 1. The van der Waals surface area contributed by atoms with Crippen molar-refractivity contribution in [1.29, 1.82) is 0 Å². The molecule has 0 fully saturated rings. The summed E-state index contributed by atoms with van der Waals surface area (Å²) in [5.74, 6) is -0.245. The summed E-state index contributed by atoms with van der Waals surface area (Å²) in [4.78, 5) is 11.2. The van der Waals surface area contributed by atoms with Gasteiger partial charge in [0.25, 0.3) is 5.91 Å². The molecule has 70 valence electrons. The molecule has 0 radical (unpaired) electrons. The summed E-state index contributed by atoms with van der Waals surface area (Å²) < 4.78 is 0. The average molecular weight is 219 g/mol. The van der Waals surface area contributed by atoms with Gasteiger partial charge in [-0.1, -0.05) is 23.2 Å². The van der Waals surface area contributed by atoms with Gasteiger partial charge < -0.3 is 11.1 Å². The van der Waals surface area contributed by atoms with Crippen LogP contribution in [0.4, 0.5) is 5.69 Å². The van der Waals surface area contributed by atoms with Crippen molar-refractivity contribution in [2.24, 2.45) is 0 Å². The molecule has 1 aromatic rings. The Morgan fingerprint density at radius 3 is 2.54 bits per heavy atom. The lowest BCUT2D eigenvalue weighted by Gasteiger charge is -2.04. The Labute approximate surface area is 85.8 Å². The molecule has 0 unspecified atom stereocenters. The molecular formula is C8H8Cl2N2O. The van der Waals surface area contributed by atoms with E-state index in [1.165, 1.54) is 19.2 Å². The summed E-state index contributed by atoms with van der Waals surface area (Å²) >= 11 is 11.4. The number of carbonyl (C=O) groups is 1. The van der Waals surface area contributed by atoms with Crippen molar-refractivity contribution < 1.29 is 4.79 Å². The van der Waals surface area contributed by atoms with Gasteiger partial charge in [0.05, 0.1) is 15.7 Å². The number of nitrogens with two attached hydrogens (primary N) is 1. The van der Waals surface area contributed by atoms with Crippen LogP contribution in [-0.4, -0.2) is 13.0 Å². The van der Waals surface area contributed by atoms with Crippen LogP contribution in [0.15, 0.2) is 12.1 Å². The van der Waals surface area contributed by atoms with Crippen LogP contribution >= 0.6 is 23.2 Å². The van der Waals surface area contributed by atoms with E-state index in [0.29, 0.717) is 11.3 Å². The van der Waals surface area contributed by atoms with Crippen molar-refractivity contribution in [3.05, 3.63) is 27.7 Å². The fraction of sp³-hybridized carbons (Fsp3) is 0.125. The maximum Gasteiger partial charge on any atom is 0.251 e. The summed E-state index contributed by atoms with van der Waals surface area (Å²) in [5.41, 5.74) is 6.21. The Balaban J connectivity index is 3.20. The quantitative estimate of drug-likeness (QED) is 0.709. The SMILES string of the molecule is CNC(=O)c1cc(N)c(Cl)c(Cl)c1. The summed E-state index contributed by atoms with van der Waals surface area (Å²) in [6, 6.07) is 2.95. The van der Waals surface area contributed by atoms with Gasteiger partial charge in [-0.2, -0.15) is 0 Å². The van der Waals surface area contributed by atoms with Gasteiger partial charge in [-0.25, -0.2) is 0 Å². The highest BCUT2D eigenvalue weighted by molar-refractivity contribution is 6.43. The smallest absolute Gasteiger partial charge is 0.251 e. The number of halogens is 2. The number of rotatable bonds is 1. The summed E-state index contributed by atoms with van der Waals surface area (Å²) in [5, 5.41) is 3.01. The monoisotopic (exact) mass is 218 g/mol. The van der Waals surface area contributed by atoms with Gasteiger partial charge in [0, 0.05) is 12.6 Å². The van der Waals surface area contributed by atoms with Gasteiger partial charge in [-0.3, -0.25) is 4.79 Å². The Hall–Kier alpha value is -0.930. The fourth-order valence-electron chi connectivity index (χ4n) is 0.886. The van der Waals surface area contributed by atoms with Gasteiger partial charge in [0.1, 0.15) is 0 Å². The molecule has 1 aromatic carbocycles. The zero-order valence-electron chi connectivity index (χ0n) is 6.90. The van der Waals surface area contributed by atoms with E-state index in [4.69, 9.17) is 28.9 Å². The minimum Gasteiger partial charge on any atom is -0.397 e. The second-order valence-electron chi connectivity index (χ2n) is 2.44. The van der Waals surface area contributed by atoms with E-state index in [2.05, 4.69) is 5.32 Å². The molecule has 0 heterocycles. The van der Waals surface area contributed by atoms with E-state index < -0.39 is 0 Å². The van der Waals surface area contributed by atoms with E-state index in [-0.39, 0.29) is 16.0 Å². The largest absolute Gasteiger partial charge is 0.397 e. The van der Waals surface area contributed by atoms with Crippen LogP contribution in [0.2, 0.25) is 10.0 Å². The molecule has 0 aliphatic rings. The first kappa shape index (κ1) is 10.2. The number of hydrogen-bond acceptors (Lipinski definition) is 2. The summed E-state index contributed by atoms with van der Waals surface area (Å²) in [6.45, 7) is 0. The minimum absolute atomic E-state index is 0.245. The molecule has 1 amide bonds. The molecular weight excluding hydrogens is 211 g/mol. The third kappa shape index (κ3) is 2.05. The fourth-order valence-corrected chi connectivity index (χ4v) is 1.22. The van der Waals surface area contributed by atoms with Crippen LogP contribution < -0.4 is 11.1 Å². The van der Waals surface area contributed by atoms with Crippen molar-refractivity contribution in [3.63, 3.8) is 0 Å². The second kappa shape index (κ2) is 3.85. The topological polar surface area (TPSA) is 55.1 Å². The van der Waals surface area contributed by atoms with E-state index >= 15 is 0 Å². The molecule has 0 aliphatic carbocycles. The van der Waals surface area contributed by atoms with Crippen LogP contribution in [0.25, 0.3) is 0 Å². The summed E-state index contributed by atoms with van der Waals surface area (Å²) in [7, 11) is 1.53. The van der Waals surface area contributed by atoms with Crippen molar-refractivity contribution in [1.82, 2.24) is 5.32 Å². The molecule has 0 aromatic heterocycles. The maximum absolute atomic E-state index is 11.2. The number of nitrogen functional groups attached to an aromatic ring is 1. The van der Waals surface area contributed by atoms with Crippen LogP contribution in [0.3, 0.4) is 0 Å². The lowest BCUT2D eigenvalue weighted by Crippen LogP contribution is -2.17. The maximum atomic E-state index is 11.2. The molecule has 0 aliphatic heterocycles. The number of nitrogens with one attached hydrogen (secondary N) is 1. The molecule has 13 heavy (non-hydrogen) atoms. The van der Waals surface area contributed by atoms with E-state index in [0.717, 1.165) is 0 Å². The van der Waals surface area contributed by atoms with Gasteiger partial charge in [0.2, 0.25) is 0 Å². The van der Waals surface area contributed by atoms with Crippen LogP contribution in [0, 0.1) is 0 Å². The van der Waals surface area contributed by atoms with Crippen LogP contribution in [0.5, 0.6) is 0 Å². The molecule has 0 spiro atoms. The molecule has 0 saturated carbocycles. The predicted molar refractivity (Wildman–Crippen MR) is 54.3 cm³/mol. The number of amides is 1. The molecule has 5 heteroatoms. The molecule has 1 rings (SSSR count). The molecule has 3 N–H and O–H groups in total. The second-order valence-corrected chi connectivity index (χ2v) is 3.23. The van der Waals surface area contributed by atoms with Crippen LogP contribution in [0.1, 0.15) is 10.4 Å². The van der Waals surface area contributed by atoms with E-state index in [1.807, 2.05) is 0 Å². The van der Waals surface area contributed by atoms with Gasteiger partial charge in [-0.05, 0) is 12.1 Å². The van der Waals surface area contributed by atoms with Gasteiger partial charge >= 0.3 is 0 Å². The lowest BCUT2D eigenvalue weighted by molar-refractivity contribution is 0.0963. The molecule has 0 saturated heterocycles. The molecule has 0 bridgehead atoms. The average Bonchev–Trinajstić information content (AvgIpc) is 2.12. The first-order valence-corrected chi connectivity index (χ1v) is 4.28. The Bertz CT molecular complexity index is 329. The standard InChI is InChI=1S/C8H8Cl2N2O/c1-12-8(13)4-2-5(9)7(10)6(11)3-4/h2-3H,11H2,1H3,(H,12,13). The normalized spacial score (nSPS) is 9.77. The number of hydrogen-bond donors (Lipinski definition) is 2. The van der Waals surface area contributed by atoms with Gasteiger partial charge in [0.15, 0.2) is 0 Å². The highest BCUT2D eigenvalue weighted by Gasteiger charge is 2.09.